The Morgan fingerprint density at radius 2 is 2.10 bits per heavy atom. The molecular formula is C14H17BrClN3S. The third-order valence-electron chi connectivity index (χ3n) is 3.43. The molecule has 0 spiro atoms. The van der Waals surface area contributed by atoms with Crippen LogP contribution in [0.4, 0.5) is 0 Å². The zero-order chi connectivity index (χ0) is 13.1. The highest BCUT2D eigenvalue weighted by Crippen LogP contribution is 2.28. The van der Waals surface area contributed by atoms with E-state index >= 15 is 0 Å². The molecule has 0 radical (unpaired) electrons. The van der Waals surface area contributed by atoms with Crippen molar-refractivity contribution < 1.29 is 0 Å². The third-order valence-corrected chi connectivity index (χ3v) is 5.04. The van der Waals surface area contributed by atoms with Crippen LogP contribution < -0.4 is 5.32 Å². The van der Waals surface area contributed by atoms with Crippen LogP contribution in [0.2, 0.25) is 0 Å². The number of thiophene rings is 1. The number of aromatic nitrogens is 1. The van der Waals surface area contributed by atoms with Crippen LogP contribution in [0.1, 0.15) is 16.5 Å². The van der Waals surface area contributed by atoms with E-state index in [1.165, 1.54) is 14.2 Å². The lowest BCUT2D eigenvalue weighted by molar-refractivity contribution is 0.155. The first kappa shape index (κ1) is 15.9. The molecule has 0 aromatic carbocycles. The van der Waals surface area contributed by atoms with Crippen molar-refractivity contribution in [2.45, 2.75) is 12.6 Å². The average Bonchev–Trinajstić information content (AvgIpc) is 2.86. The summed E-state index contributed by atoms with van der Waals surface area (Å²) in [6, 6.07) is 9.02. The van der Waals surface area contributed by atoms with Crippen molar-refractivity contribution in [1.29, 1.82) is 0 Å². The number of nitrogens with one attached hydrogen (secondary N) is 1. The quantitative estimate of drug-likeness (QED) is 0.891. The number of rotatable bonds is 3. The summed E-state index contributed by atoms with van der Waals surface area (Å²) < 4.78 is 1.21. The SMILES string of the molecule is Brc1ccc(CN2CCNCC2c2ccncc2)s1.Cl. The van der Waals surface area contributed by atoms with Gasteiger partial charge in [0, 0.05) is 49.5 Å². The second-order valence-corrected chi connectivity index (χ2v) is 7.22. The van der Waals surface area contributed by atoms with Crippen LogP contribution in [-0.4, -0.2) is 29.5 Å². The van der Waals surface area contributed by atoms with Gasteiger partial charge < -0.3 is 5.32 Å². The minimum Gasteiger partial charge on any atom is -0.314 e. The predicted molar refractivity (Wildman–Crippen MR) is 89.5 cm³/mol. The first-order valence-corrected chi connectivity index (χ1v) is 8.03. The third kappa shape index (κ3) is 3.80. The van der Waals surface area contributed by atoms with Crippen molar-refractivity contribution in [2.75, 3.05) is 19.6 Å². The maximum Gasteiger partial charge on any atom is 0.0701 e. The molecule has 1 unspecified atom stereocenters. The molecule has 20 heavy (non-hydrogen) atoms. The van der Waals surface area contributed by atoms with E-state index in [1.54, 1.807) is 0 Å². The fourth-order valence-electron chi connectivity index (χ4n) is 2.49. The van der Waals surface area contributed by atoms with Gasteiger partial charge in [-0.05, 0) is 45.8 Å². The number of halogens is 2. The summed E-state index contributed by atoms with van der Waals surface area (Å²) >= 11 is 5.36. The van der Waals surface area contributed by atoms with E-state index in [1.807, 2.05) is 23.7 Å². The molecule has 3 rings (SSSR count). The number of piperazine rings is 1. The smallest absolute Gasteiger partial charge is 0.0701 e. The van der Waals surface area contributed by atoms with E-state index in [0.717, 1.165) is 26.2 Å². The molecule has 1 aliphatic rings. The van der Waals surface area contributed by atoms with Crippen LogP contribution in [0.25, 0.3) is 0 Å². The Hall–Kier alpha value is -0.460. The first-order chi connectivity index (χ1) is 9.33. The first-order valence-electron chi connectivity index (χ1n) is 6.42. The van der Waals surface area contributed by atoms with Crippen molar-refractivity contribution >= 4 is 39.7 Å². The molecular weight excluding hydrogens is 358 g/mol. The molecule has 108 valence electrons. The van der Waals surface area contributed by atoms with E-state index in [2.05, 4.69) is 55.4 Å². The lowest BCUT2D eigenvalue weighted by Gasteiger charge is -2.36. The van der Waals surface area contributed by atoms with Crippen LogP contribution in [0.15, 0.2) is 40.4 Å². The monoisotopic (exact) mass is 373 g/mol. The van der Waals surface area contributed by atoms with Gasteiger partial charge in [-0.15, -0.1) is 23.7 Å². The summed E-state index contributed by atoms with van der Waals surface area (Å²) in [5, 5.41) is 3.49. The molecule has 2 aromatic heterocycles. The Balaban J connectivity index is 0.00000147. The molecule has 0 aliphatic carbocycles. The summed E-state index contributed by atoms with van der Waals surface area (Å²) in [5.41, 5.74) is 1.35. The predicted octanol–water partition coefficient (Wildman–Crippen LogP) is 3.47. The maximum atomic E-state index is 4.11. The van der Waals surface area contributed by atoms with Crippen LogP contribution in [0.5, 0.6) is 0 Å². The van der Waals surface area contributed by atoms with Gasteiger partial charge in [0.05, 0.1) is 3.79 Å². The van der Waals surface area contributed by atoms with E-state index in [4.69, 9.17) is 0 Å². The molecule has 0 saturated carbocycles. The van der Waals surface area contributed by atoms with Gasteiger partial charge in [-0.3, -0.25) is 9.88 Å². The van der Waals surface area contributed by atoms with Gasteiger partial charge in [-0.1, -0.05) is 0 Å². The molecule has 1 fully saturated rings. The summed E-state index contributed by atoms with van der Waals surface area (Å²) in [5.74, 6) is 0. The second kappa shape index (κ2) is 7.52. The van der Waals surface area contributed by atoms with Gasteiger partial charge in [0.15, 0.2) is 0 Å². The topological polar surface area (TPSA) is 28.2 Å². The zero-order valence-electron chi connectivity index (χ0n) is 11.0. The maximum absolute atomic E-state index is 4.11. The molecule has 1 N–H and O–H groups in total. The van der Waals surface area contributed by atoms with Crippen molar-refractivity contribution in [3.63, 3.8) is 0 Å². The van der Waals surface area contributed by atoms with Crippen molar-refractivity contribution in [3.05, 3.63) is 50.9 Å². The van der Waals surface area contributed by atoms with Gasteiger partial charge in [0.25, 0.3) is 0 Å². The lowest BCUT2D eigenvalue weighted by atomic mass is 10.0. The van der Waals surface area contributed by atoms with E-state index in [-0.39, 0.29) is 12.4 Å². The molecule has 3 heterocycles. The van der Waals surface area contributed by atoms with Crippen LogP contribution >= 0.6 is 39.7 Å². The van der Waals surface area contributed by atoms with Gasteiger partial charge in [-0.25, -0.2) is 0 Å². The van der Waals surface area contributed by atoms with Crippen LogP contribution in [0.3, 0.4) is 0 Å². The minimum atomic E-state index is 0. The highest BCUT2D eigenvalue weighted by atomic mass is 79.9. The van der Waals surface area contributed by atoms with Crippen LogP contribution in [-0.2, 0) is 6.54 Å². The summed E-state index contributed by atoms with van der Waals surface area (Å²) in [6.07, 6.45) is 3.76. The Morgan fingerprint density at radius 1 is 1.30 bits per heavy atom. The van der Waals surface area contributed by atoms with E-state index in [9.17, 15) is 0 Å². The Bertz CT molecular complexity index is 534. The van der Waals surface area contributed by atoms with E-state index < -0.39 is 0 Å². The highest BCUT2D eigenvalue weighted by Gasteiger charge is 2.23. The molecule has 0 amide bonds. The fraction of sp³-hybridized carbons (Fsp3) is 0.357. The number of hydrogen-bond acceptors (Lipinski definition) is 4. The molecule has 3 nitrogen and oxygen atoms in total. The molecule has 1 saturated heterocycles. The molecule has 1 atom stereocenters. The normalized spacial score (nSPS) is 19.6. The summed E-state index contributed by atoms with van der Waals surface area (Å²) in [4.78, 5) is 8.07. The average molecular weight is 375 g/mol. The molecule has 2 aromatic rings. The number of pyridine rings is 1. The Labute approximate surface area is 137 Å². The molecule has 1 aliphatic heterocycles. The summed E-state index contributed by atoms with van der Waals surface area (Å²) in [6.45, 7) is 4.18. The van der Waals surface area contributed by atoms with E-state index in [0.29, 0.717) is 6.04 Å². The van der Waals surface area contributed by atoms with Gasteiger partial charge in [0.1, 0.15) is 0 Å². The van der Waals surface area contributed by atoms with Gasteiger partial charge >= 0.3 is 0 Å². The van der Waals surface area contributed by atoms with Crippen molar-refractivity contribution in [2.24, 2.45) is 0 Å². The number of nitrogens with zero attached hydrogens (tertiary/aromatic N) is 2. The number of hydrogen-bond donors (Lipinski definition) is 1. The zero-order valence-corrected chi connectivity index (χ0v) is 14.2. The van der Waals surface area contributed by atoms with Gasteiger partial charge in [-0.2, -0.15) is 0 Å². The summed E-state index contributed by atoms with van der Waals surface area (Å²) in [7, 11) is 0. The van der Waals surface area contributed by atoms with Gasteiger partial charge in [0.2, 0.25) is 0 Å². The van der Waals surface area contributed by atoms with Crippen molar-refractivity contribution in [3.8, 4) is 0 Å². The molecule has 0 bridgehead atoms. The Kier molecular flexibility index (Phi) is 5.99. The standard InChI is InChI=1S/C14H16BrN3S.ClH/c15-14-2-1-12(19-14)10-18-8-7-17-9-13(18)11-3-5-16-6-4-11;/h1-6,13,17H,7-10H2;1H. The minimum absolute atomic E-state index is 0. The fourth-order valence-corrected chi connectivity index (χ4v) is 4.00. The largest absolute Gasteiger partial charge is 0.314 e. The van der Waals surface area contributed by atoms with Crippen molar-refractivity contribution in [1.82, 2.24) is 15.2 Å². The second-order valence-electron chi connectivity index (χ2n) is 4.68. The van der Waals surface area contributed by atoms with Crippen LogP contribution in [0, 0.1) is 0 Å². The Morgan fingerprint density at radius 3 is 2.80 bits per heavy atom. The highest BCUT2D eigenvalue weighted by molar-refractivity contribution is 9.11. The lowest BCUT2D eigenvalue weighted by Crippen LogP contribution is -2.45. The molecule has 6 heteroatoms.